The Morgan fingerprint density at radius 2 is 2.22 bits per heavy atom. The van der Waals surface area contributed by atoms with E-state index in [1.165, 1.54) is 10.9 Å². The molecule has 1 unspecified atom stereocenters. The molecule has 0 spiro atoms. The van der Waals surface area contributed by atoms with E-state index in [1.807, 2.05) is 6.92 Å². The normalized spacial score (nSPS) is 13.7. The molecule has 0 aliphatic carbocycles. The molecule has 104 valence electrons. The smallest absolute Gasteiger partial charge is 0.246 e. The molecular weight excluding hydrogens is 256 g/mol. The number of hydrogen-bond acceptors (Lipinski definition) is 5. The number of nitrogens with zero attached hydrogens (tertiary/aromatic N) is 2. The zero-order chi connectivity index (χ0) is 13.8. The van der Waals surface area contributed by atoms with Crippen LogP contribution in [-0.4, -0.2) is 36.0 Å². The quantitative estimate of drug-likeness (QED) is 0.645. The SMILES string of the molecule is CCCn1cc(S(=O)(=O)NC(CC)CO)c(N)n1. The Labute approximate surface area is 107 Å². The molecule has 0 amide bonds. The molecule has 1 aromatic rings. The van der Waals surface area contributed by atoms with Gasteiger partial charge in [-0.25, -0.2) is 13.1 Å². The van der Waals surface area contributed by atoms with Gasteiger partial charge in [-0.3, -0.25) is 4.68 Å². The monoisotopic (exact) mass is 276 g/mol. The van der Waals surface area contributed by atoms with Crippen molar-refractivity contribution in [3.8, 4) is 0 Å². The van der Waals surface area contributed by atoms with Crippen molar-refractivity contribution in [2.24, 2.45) is 0 Å². The average molecular weight is 276 g/mol. The predicted octanol–water partition coefficient (Wildman–Crippen LogP) is -0.0755. The number of aromatic nitrogens is 2. The summed E-state index contributed by atoms with van der Waals surface area (Å²) in [6.07, 6.45) is 2.74. The van der Waals surface area contributed by atoms with Crippen molar-refractivity contribution >= 4 is 15.8 Å². The van der Waals surface area contributed by atoms with Gasteiger partial charge in [0.1, 0.15) is 4.90 Å². The molecule has 0 saturated carbocycles. The number of nitrogens with two attached hydrogens (primary N) is 1. The summed E-state index contributed by atoms with van der Waals surface area (Å²) < 4.78 is 28.0. The summed E-state index contributed by atoms with van der Waals surface area (Å²) in [6, 6.07) is -0.510. The van der Waals surface area contributed by atoms with Crippen molar-refractivity contribution in [1.29, 1.82) is 0 Å². The van der Waals surface area contributed by atoms with E-state index in [4.69, 9.17) is 10.8 Å². The van der Waals surface area contributed by atoms with Crippen LogP contribution in [0.3, 0.4) is 0 Å². The van der Waals surface area contributed by atoms with Crippen LogP contribution in [0.5, 0.6) is 0 Å². The number of aliphatic hydroxyl groups excluding tert-OH is 1. The third kappa shape index (κ3) is 3.44. The van der Waals surface area contributed by atoms with Crippen molar-refractivity contribution in [1.82, 2.24) is 14.5 Å². The second-order valence-corrected chi connectivity index (χ2v) is 5.73. The third-order valence-electron chi connectivity index (χ3n) is 2.53. The van der Waals surface area contributed by atoms with Crippen molar-refractivity contribution in [3.63, 3.8) is 0 Å². The first-order valence-electron chi connectivity index (χ1n) is 5.90. The molecular formula is C10H20N4O3S. The minimum atomic E-state index is -3.73. The number of sulfonamides is 1. The van der Waals surface area contributed by atoms with Gasteiger partial charge >= 0.3 is 0 Å². The first kappa shape index (κ1) is 14.9. The highest BCUT2D eigenvalue weighted by Crippen LogP contribution is 2.16. The summed E-state index contributed by atoms with van der Waals surface area (Å²) >= 11 is 0. The minimum absolute atomic E-state index is 0.0243. The van der Waals surface area contributed by atoms with Crippen molar-refractivity contribution in [3.05, 3.63) is 6.20 Å². The van der Waals surface area contributed by atoms with Crippen molar-refractivity contribution in [2.45, 2.75) is 44.2 Å². The molecule has 18 heavy (non-hydrogen) atoms. The summed E-state index contributed by atoms with van der Waals surface area (Å²) in [4.78, 5) is -0.0390. The number of anilines is 1. The lowest BCUT2D eigenvalue weighted by Crippen LogP contribution is -2.37. The Balaban J connectivity index is 2.97. The Morgan fingerprint density at radius 3 is 2.72 bits per heavy atom. The van der Waals surface area contributed by atoms with Crippen LogP contribution in [0.25, 0.3) is 0 Å². The maximum Gasteiger partial charge on any atom is 0.246 e. The van der Waals surface area contributed by atoms with E-state index in [-0.39, 0.29) is 17.3 Å². The summed E-state index contributed by atoms with van der Waals surface area (Å²) in [6.45, 7) is 4.10. The van der Waals surface area contributed by atoms with Gasteiger partial charge in [-0.2, -0.15) is 5.10 Å². The van der Waals surface area contributed by atoms with Crippen LogP contribution >= 0.6 is 0 Å². The average Bonchev–Trinajstić information content (AvgIpc) is 2.68. The fraction of sp³-hybridized carbons (Fsp3) is 0.700. The topological polar surface area (TPSA) is 110 Å². The molecule has 7 nitrogen and oxygen atoms in total. The Hall–Kier alpha value is -1.12. The van der Waals surface area contributed by atoms with Gasteiger partial charge in [-0.15, -0.1) is 0 Å². The molecule has 1 rings (SSSR count). The summed E-state index contributed by atoms with van der Waals surface area (Å²) in [7, 11) is -3.73. The molecule has 1 aromatic heterocycles. The second kappa shape index (κ2) is 6.17. The van der Waals surface area contributed by atoms with Crippen LogP contribution in [0.4, 0.5) is 5.82 Å². The second-order valence-electron chi connectivity index (χ2n) is 4.05. The third-order valence-corrected chi connectivity index (χ3v) is 4.07. The van der Waals surface area contributed by atoms with Gasteiger partial charge in [0.15, 0.2) is 5.82 Å². The van der Waals surface area contributed by atoms with Gasteiger partial charge in [0.25, 0.3) is 0 Å². The van der Waals surface area contributed by atoms with E-state index in [9.17, 15) is 8.42 Å². The highest BCUT2D eigenvalue weighted by molar-refractivity contribution is 7.89. The first-order valence-corrected chi connectivity index (χ1v) is 7.39. The van der Waals surface area contributed by atoms with Crippen LogP contribution in [0.2, 0.25) is 0 Å². The maximum atomic E-state index is 12.0. The first-order chi connectivity index (χ1) is 8.44. The molecule has 4 N–H and O–H groups in total. The molecule has 8 heteroatoms. The van der Waals surface area contributed by atoms with Crippen molar-refractivity contribution in [2.75, 3.05) is 12.3 Å². The summed E-state index contributed by atoms with van der Waals surface area (Å²) in [5, 5.41) is 13.0. The van der Waals surface area contributed by atoms with Gasteiger partial charge in [0.2, 0.25) is 10.0 Å². The van der Waals surface area contributed by atoms with E-state index >= 15 is 0 Å². The lowest BCUT2D eigenvalue weighted by atomic mass is 10.3. The lowest BCUT2D eigenvalue weighted by molar-refractivity contribution is 0.254. The van der Waals surface area contributed by atoms with Crippen LogP contribution in [0.15, 0.2) is 11.1 Å². The number of hydrogen-bond donors (Lipinski definition) is 3. The fourth-order valence-electron chi connectivity index (χ4n) is 1.50. The lowest BCUT2D eigenvalue weighted by Gasteiger charge is -2.13. The number of rotatable bonds is 7. The molecule has 0 saturated heterocycles. The number of nitrogen functional groups attached to an aromatic ring is 1. The molecule has 0 bridgehead atoms. The molecule has 1 atom stereocenters. The summed E-state index contributed by atoms with van der Waals surface area (Å²) in [5.74, 6) is -0.0243. The van der Waals surface area contributed by atoms with Gasteiger partial charge < -0.3 is 10.8 Å². The van der Waals surface area contributed by atoms with E-state index < -0.39 is 16.1 Å². The largest absolute Gasteiger partial charge is 0.395 e. The van der Waals surface area contributed by atoms with Gasteiger partial charge in [-0.1, -0.05) is 13.8 Å². The fourth-order valence-corrected chi connectivity index (χ4v) is 2.88. The van der Waals surface area contributed by atoms with E-state index in [0.717, 1.165) is 6.42 Å². The van der Waals surface area contributed by atoms with Crippen molar-refractivity contribution < 1.29 is 13.5 Å². The van der Waals surface area contributed by atoms with E-state index in [1.54, 1.807) is 6.92 Å². The van der Waals surface area contributed by atoms with E-state index in [0.29, 0.717) is 13.0 Å². The Morgan fingerprint density at radius 1 is 1.56 bits per heavy atom. The molecule has 0 radical (unpaired) electrons. The van der Waals surface area contributed by atoms with E-state index in [2.05, 4.69) is 9.82 Å². The van der Waals surface area contributed by atoms with Gasteiger partial charge in [0, 0.05) is 18.8 Å². The summed E-state index contributed by atoms with van der Waals surface area (Å²) in [5.41, 5.74) is 5.60. The van der Waals surface area contributed by atoms with Crippen LogP contribution in [0.1, 0.15) is 26.7 Å². The zero-order valence-corrected chi connectivity index (χ0v) is 11.4. The number of nitrogens with one attached hydrogen (secondary N) is 1. The minimum Gasteiger partial charge on any atom is -0.395 e. The molecule has 1 heterocycles. The Kier molecular flexibility index (Phi) is 5.12. The number of aryl methyl sites for hydroxylation is 1. The van der Waals surface area contributed by atoms with Crippen LogP contribution < -0.4 is 10.5 Å². The maximum absolute atomic E-state index is 12.0. The Bertz CT molecular complexity index is 479. The highest BCUT2D eigenvalue weighted by Gasteiger charge is 2.23. The highest BCUT2D eigenvalue weighted by atomic mass is 32.2. The van der Waals surface area contributed by atoms with Gasteiger partial charge in [0.05, 0.1) is 6.61 Å². The number of aliphatic hydroxyl groups is 1. The molecule has 0 aliphatic heterocycles. The zero-order valence-electron chi connectivity index (χ0n) is 10.6. The molecule has 0 aromatic carbocycles. The molecule has 0 fully saturated rings. The van der Waals surface area contributed by atoms with Crippen LogP contribution in [0, 0.1) is 0 Å². The predicted molar refractivity (Wildman–Crippen MR) is 68.4 cm³/mol. The van der Waals surface area contributed by atoms with Gasteiger partial charge in [-0.05, 0) is 12.8 Å². The van der Waals surface area contributed by atoms with Crippen LogP contribution in [-0.2, 0) is 16.6 Å². The molecule has 0 aliphatic rings. The standard InChI is InChI=1S/C10H20N4O3S/c1-3-5-14-6-9(10(11)12-14)18(16,17)13-8(4-2)7-15/h6,8,13,15H,3-5,7H2,1-2H3,(H2,11,12).